The summed E-state index contributed by atoms with van der Waals surface area (Å²) in [5.74, 6) is 0. The molecule has 0 spiro atoms. The largest absolute Gasteiger partial charge is 0.475 e. The van der Waals surface area contributed by atoms with Crippen molar-refractivity contribution < 1.29 is 226 Å². The Balaban J connectivity index is 0.000000730. The van der Waals surface area contributed by atoms with Crippen LogP contribution < -0.4 is 0 Å². The molecule has 0 heterocycles. The van der Waals surface area contributed by atoms with Gasteiger partial charge in [-0.1, -0.05) is 0 Å². The summed E-state index contributed by atoms with van der Waals surface area (Å²) in [6.45, 7) is 0. The lowest BCUT2D eigenvalue weighted by molar-refractivity contribution is -0.202. The summed E-state index contributed by atoms with van der Waals surface area (Å²) < 4.78 is 192. The molecule has 23 N–H and O–H groups in total. The van der Waals surface area contributed by atoms with Crippen LogP contribution in [0.5, 0.6) is 0 Å². The minimum atomic E-state index is -6.02. The van der Waals surface area contributed by atoms with Crippen LogP contribution in [0.25, 0.3) is 0 Å². The zero-order chi connectivity index (χ0) is 58.1. The van der Waals surface area contributed by atoms with Crippen molar-refractivity contribution in [3.63, 3.8) is 0 Å². The summed E-state index contributed by atoms with van der Waals surface area (Å²) in [5.41, 5.74) is 0. The zero-order valence-corrected chi connectivity index (χ0v) is 45.3. The molecule has 2 aliphatic rings. The maximum Gasteiger partial charge on any atom is 0.475 e. The van der Waals surface area contributed by atoms with Gasteiger partial charge in [0.2, 0.25) is 0 Å². The van der Waals surface area contributed by atoms with Crippen molar-refractivity contribution in [1.82, 2.24) is 0 Å². The SMILES string of the molecule is O=P(O)(O)OC1C(OP(=O)(O)O)C(OP(=O)(O)O)C(OP(=O)(O)O)C(OP(=O)(O)O)C1OP(=O)(O)O.O=P(O)(O)OC1[C@@H](OP(=O)(O)O)[C@H](OP(=O)(O)O)C(OP(=O)(O)OP)[C@@H](OP(=O)(O)O)[C@H]1OP(=O)(O)O. The second-order valence-corrected chi connectivity index (χ2v) is 27.9. The Hall–Kier alpha value is 1.75. The van der Waals surface area contributed by atoms with E-state index < -0.39 is 167 Å². The van der Waals surface area contributed by atoms with Crippen molar-refractivity contribution in [3.8, 4) is 0 Å². The quantitative estimate of drug-likeness (QED) is 0.0379. The third kappa shape index (κ3) is 29.9. The number of phosphoric ester groups is 12. The highest BCUT2D eigenvalue weighted by Gasteiger charge is 2.65. The molecule has 2 fully saturated rings. The lowest BCUT2D eigenvalue weighted by atomic mass is 9.85. The van der Waals surface area contributed by atoms with Crippen molar-refractivity contribution in [2.45, 2.75) is 73.2 Å². The second-order valence-electron chi connectivity index (χ2n) is 12.8. The van der Waals surface area contributed by atoms with E-state index in [4.69, 9.17) is 58.7 Å². The molecular weight excluding hydrogens is 1310 g/mol. The van der Waals surface area contributed by atoms with Gasteiger partial charge in [0.1, 0.15) is 73.2 Å². The molecular formula is C12H37O48P13. The Morgan fingerprint density at radius 3 is 0.342 bits per heavy atom. The number of phosphoric acid groups is 12. The predicted octanol–water partition coefficient (Wildman–Crippen LogP) is -5.45. The van der Waals surface area contributed by atoms with Gasteiger partial charge in [-0.15, -0.1) is 0 Å². The molecule has 48 nitrogen and oxygen atoms in total. The molecule has 8 atom stereocenters. The average Bonchev–Trinajstić information content (AvgIpc) is 3.05. The first-order valence-electron chi connectivity index (χ1n) is 16.2. The van der Waals surface area contributed by atoms with Crippen molar-refractivity contribution in [1.29, 1.82) is 0 Å². The van der Waals surface area contributed by atoms with E-state index in [-0.39, 0.29) is 0 Å². The van der Waals surface area contributed by atoms with E-state index in [0.717, 1.165) is 9.47 Å². The Kier molecular flexibility index (Phi) is 25.8. The highest BCUT2D eigenvalue weighted by Crippen LogP contribution is 2.60. The van der Waals surface area contributed by atoms with Gasteiger partial charge in [-0.25, -0.2) is 54.8 Å². The second kappa shape index (κ2) is 25.9. The third-order valence-electron chi connectivity index (χ3n) is 7.12. The summed E-state index contributed by atoms with van der Waals surface area (Å²) in [5, 5.41) is 0. The Morgan fingerprint density at radius 2 is 0.274 bits per heavy atom. The van der Waals surface area contributed by atoms with Crippen molar-refractivity contribution in [2.75, 3.05) is 0 Å². The normalized spacial score (nSPS) is 29.8. The van der Waals surface area contributed by atoms with Gasteiger partial charge in [0.25, 0.3) is 0 Å². The maximum absolute atomic E-state index is 12.0. The molecule has 61 heteroatoms. The molecule has 0 radical (unpaired) electrons. The van der Waals surface area contributed by atoms with Crippen LogP contribution in [0.1, 0.15) is 0 Å². The Morgan fingerprint density at radius 1 is 0.192 bits per heavy atom. The lowest BCUT2D eigenvalue weighted by Crippen LogP contribution is -2.66. The fraction of sp³-hybridized carbons (Fsp3) is 1.00. The molecule has 0 aromatic heterocycles. The maximum atomic E-state index is 12.0. The van der Waals surface area contributed by atoms with E-state index in [1.807, 2.05) is 0 Å². The standard InChI is InChI=1S/C6H19O24P7.C6H18O24P6/c7-32(8,9)24-1-2(25-33(10,11)12)4(27-35(16,17)18)6(29-37(22,23)30-31)5(28-36(19,20)21)3(1)26-34(13,14)15;7-31(8,9)25-1-2(26-32(10,11)12)4(28-34(16,17)18)6(30-36(22,23)24)5(29-35(19,20)21)3(1)27-33(13,14)15/h1-6H,31H2,(H,22,23)(H2,7,8,9)(H2,10,11,12)(H2,13,14,15)(H2,16,17,18)(H2,19,20,21);1-6H,(H2,7,8,9)(H2,10,11,12)(H2,13,14,15)(H2,16,17,18)(H2,19,20,21)(H2,22,23,24)/t1?,2-,3+,4-,5-,6?;/m0./s1. The number of rotatable bonds is 25. The predicted molar refractivity (Wildman–Crippen MR) is 212 cm³/mol. The van der Waals surface area contributed by atoms with Crippen molar-refractivity contribution in [3.05, 3.63) is 0 Å². The van der Waals surface area contributed by atoms with Gasteiger partial charge in [0.15, 0.2) is 0 Å². The van der Waals surface area contributed by atoms with E-state index in [1.54, 1.807) is 0 Å². The molecule has 73 heavy (non-hydrogen) atoms. The zero-order valence-electron chi connectivity index (χ0n) is 33.4. The highest BCUT2D eigenvalue weighted by molar-refractivity contribution is 7.52. The van der Waals surface area contributed by atoms with E-state index in [2.05, 4.69) is 58.6 Å². The molecule has 2 aliphatic carbocycles. The fourth-order valence-electron chi connectivity index (χ4n) is 5.61. The van der Waals surface area contributed by atoms with E-state index >= 15 is 0 Å². The van der Waals surface area contributed by atoms with Gasteiger partial charge < -0.3 is 113 Å². The minimum Gasteiger partial charge on any atom is -0.303 e. The lowest BCUT2D eigenvalue weighted by Gasteiger charge is -2.48. The van der Waals surface area contributed by atoms with E-state index in [0.29, 0.717) is 0 Å². The van der Waals surface area contributed by atoms with Gasteiger partial charge in [0.05, 0.1) is 0 Å². The Bertz CT molecular complexity index is 2170. The molecule has 0 aromatic carbocycles. The summed E-state index contributed by atoms with van der Waals surface area (Å²) >= 11 is 0. The van der Waals surface area contributed by atoms with Crippen LogP contribution >= 0.6 is 103 Å². The molecule has 4 unspecified atom stereocenters. The van der Waals surface area contributed by atoms with Crippen LogP contribution in [0, 0.1) is 0 Å². The van der Waals surface area contributed by atoms with Crippen LogP contribution in [0.3, 0.4) is 0 Å². The van der Waals surface area contributed by atoms with E-state index in [1.165, 1.54) is 0 Å². The van der Waals surface area contributed by atoms with Crippen LogP contribution in [-0.2, 0) is 113 Å². The number of hydrogen-bond acceptors (Lipinski definition) is 25. The monoisotopic (exact) mass is 1350 g/mol. The topological polar surface area (TPSA) is 790 Å². The summed E-state index contributed by atoms with van der Waals surface area (Å²) in [6.07, 6.45) is -37.3. The first-order chi connectivity index (χ1) is 31.7. The first-order valence-corrected chi connectivity index (χ1v) is 35.0. The minimum absolute atomic E-state index is 1.14. The van der Waals surface area contributed by atoms with Crippen LogP contribution in [0.2, 0.25) is 0 Å². The average molecular weight is 1350 g/mol. The molecule has 0 aliphatic heterocycles. The van der Waals surface area contributed by atoms with Crippen molar-refractivity contribution in [2.24, 2.45) is 0 Å². The molecule has 0 aromatic rings. The molecule has 0 bridgehead atoms. The summed E-state index contributed by atoms with van der Waals surface area (Å²) in [7, 11) is -70.5. The summed E-state index contributed by atoms with van der Waals surface area (Å²) in [6, 6.07) is 0. The third-order valence-corrected chi connectivity index (χ3v) is 14.4. The Labute approximate surface area is 402 Å². The van der Waals surface area contributed by atoms with Crippen LogP contribution in [0.4, 0.5) is 0 Å². The molecule has 438 valence electrons. The van der Waals surface area contributed by atoms with Crippen molar-refractivity contribution >= 4 is 103 Å². The van der Waals surface area contributed by atoms with Gasteiger partial charge >= 0.3 is 93.9 Å². The number of hydrogen-bond donors (Lipinski definition) is 23. The van der Waals surface area contributed by atoms with E-state index in [9.17, 15) is 109 Å². The molecule has 0 saturated heterocycles. The van der Waals surface area contributed by atoms with Crippen LogP contribution in [-0.4, -0.2) is 186 Å². The van der Waals surface area contributed by atoms with Crippen LogP contribution in [0.15, 0.2) is 0 Å². The van der Waals surface area contributed by atoms with Gasteiger partial charge in [-0.2, -0.15) is 0 Å². The molecule has 2 saturated carbocycles. The molecule has 0 amide bonds. The fourth-order valence-corrected chi connectivity index (χ4v) is 12.5. The van der Waals surface area contributed by atoms with Gasteiger partial charge in [-0.3, -0.25) is 58.6 Å². The van der Waals surface area contributed by atoms with Gasteiger partial charge in [-0.05, 0) is 0 Å². The van der Waals surface area contributed by atoms with Gasteiger partial charge in [0, 0.05) is 9.47 Å². The smallest absolute Gasteiger partial charge is 0.303 e. The summed E-state index contributed by atoms with van der Waals surface area (Å²) in [4.78, 5) is 211. The first kappa shape index (κ1) is 72.8. The molecule has 2 rings (SSSR count). The highest BCUT2D eigenvalue weighted by atomic mass is 31.2.